The fourth-order valence-electron chi connectivity index (χ4n) is 2.76. The minimum Gasteiger partial charge on any atom is -0.494 e. The zero-order valence-corrected chi connectivity index (χ0v) is 12.2. The zero-order valence-electron chi connectivity index (χ0n) is 12.2. The van der Waals surface area contributed by atoms with Gasteiger partial charge in [-0.25, -0.2) is 0 Å². The quantitative estimate of drug-likeness (QED) is 0.808. The van der Waals surface area contributed by atoms with Crippen molar-refractivity contribution >= 4 is 5.78 Å². The van der Waals surface area contributed by atoms with Crippen molar-refractivity contribution in [3.05, 3.63) is 29.8 Å². The summed E-state index contributed by atoms with van der Waals surface area (Å²) >= 11 is 0. The van der Waals surface area contributed by atoms with Crippen molar-refractivity contribution in [2.75, 3.05) is 26.3 Å². The van der Waals surface area contributed by atoms with Gasteiger partial charge < -0.3 is 9.84 Å². The molecular weight excluding hydrogens is 254 g/mol. The van der Waals surface area contributed by atoms with E-state index in [9.17, 15) is 9.90 Å². The third kappa shape index (κ3) is 3.38. The molecule has 0 radical (unpaired) electrons. The molecule has 1 heterocycles. The van der Waals surface area contributed by atoms with Crippen LogP contribution in [0.25, 0.3) is 0 Å². The van der Waals surface area contributed by atoms with Crippen LogP contribution in [0.4, 0.5) is 0 Å². The summed E-state index contributed by atoms with van der Waals surface area (Å²) in [6.07, 6.45) is 1.04. The van der Waals surface area contributed by atoms with Gasteiger partial charge in [0.05, 0.1) is 19.8 Å². The lowest BCUT2D eigenvalue weighted by atomic mass is 10.0. The van der Waals surface area contributed by atoms with E-state index < -0.39 is 0 Å². The molecule has 1 N–H and O–H groups in total. The molecule has 1 aliphatic heterocycles. The standard InChI is InChI=1S/C16H23NO3/c1-3-20-14-6-4-13(5-7-14)16(19)10-17-9-8-12(2)15(17)11-18/h4-7,12,15,18H,3,8-11H2,1-2H3. The average Bonchev–Trinajstić information content (AvgIpc) is 2.80. The summed E-state index contributed by atoms with van der Waals surface area (Å²) in [5.41, 5.74) is 0.699. The Balaban J connectivity index is 1.97. The largest absolute Gasteiger partial charge is 0.494 e. The Morgan fingerprint density at radius 2 is 2.10 bits per heavy atom. The number of hydrogen-bond acceptors (Lipinski definition) is 4. The number of carbonyl (C=O) groups excluding carboxylic acids is 1. The summed E-state index contributed by atoms with van der Waals surface area (Å²) in [6, 6.07) is 7.38. The van der Waals surface area contributed by atoms with Crippen LogP contribution in [0.15, 0.2) is 24.3 Å². The van der Waals surface area contributed by atoms with E-state index in [0.717, 1.165) is 18.7 Å². The van der Waals surface area contributed by atoms with Gasteiger partial charge in [-0.1, -0.05) is 6.92 Å². The first-order valence-corrected chi connectivity index (χ1v) is 7.26. The second-order valence-corrected chi connectivity index (χ2v) is 5.37. The average molecular weight is 277 g/mol. The molecule has 1 aromatic rings. The zero-order chi connectivity index (χ0) is 14.5. The van der Waals surface area contributed by atoms with E-state index in [0.29, 0.717) is 24.6 Å². The highest BCUT2D eigenvalue weighted by Gasteiger charge is 2.31. The number of rotatable bonds is 6. The van der Waals surface area contributed by atoms with Gasteiger partial charge in [-0.05, 0) is 50.1 Å². The van der Waals surface area contributed by atoms with E-state index in [-0.39, 0.29) is 18.4 Å². The summed E-state index contributed by atoms with van der Waals surface area (Å²) in [5.74, 6) is 1.33. The number of hydrogen-bond donors (Lipinski definition) is 1. The monoisotopic (exact) mass is 277 g/mol. The van der Waals surface area contributed by atoms with Gasteiger partial charge in [-0.15, -0.1) is 0 Å². The fraction of sp³-hybridized carbons (Fsp3) is 0.562. The number of benzene rings is 1. The Hall–Kier alpha value is -1.39. The van der Waals surface area contributed by atoms with Crippen LogP contribution < -0.4 is 4.74 Å². The first-order valence-electron chi connectivity index (χ1n) is 7.26. The summed E-state index contributed by atoms with van der Waals surface area (Å²) in [5, 5.41) is 9.42. The van der Waals surface area contributed by atoms with Gasteiger partial charge in [0.1, 0.15) is 5.75 Å². The normalized spacial score (nSPS) is 22.9. The lowest BCUT2D eigenvalue weighted by molar-refractivity contribution is 0.0866. The predicted octanol–water partition coefficient (Wildman–Crippen LogP) is 1.97. The topological polar surface area (TPSA) is 49.8 Å². The van der Waals surface area contributed by atoms with E-state index >= 15 is 0 Å². The molecule has 2 atom stereocenters. The number of aliphatic hydroxyl groups excluding tert-OH is 1. The Bertz CT molecular complexity index is 444. The summed E-state index contributed by atoms with van der Waals surface area (Å²) in [7, 11) is 0. The maximum Gasteiger partial charge on any atom is 0.176 e. The SMILES string of the molecule is CCOc1ccc(C(=O)CN2CCC(C)C2CO)cc1. The molecule has 0 saturated carbocycles. The molecule has 2 unspecified atom stereocenters. The third-order valence-corrected chi connectivity index (χ3v) is 4.02. The summed E-state index contributed by atoms with van der Waals surface area (Å²) in [4.78, 5) is 14.4. The molecule has 20 heavy (non-hydrogen) atoms. The molecule has 0 bridgehead atoms. The van der Waals surface area contributed by atoms with E-state index in [1.807, 2.05) is 19.1 Å². The Morgan fingerprint density at radius 3 is 2.70 bits per heavy atom. The van der Waals surface area contributed by atoms with Crippen LogP contribution in [0.1, 0.15) is 30.6 Å². The molecule has 4 heteroatoms. The van der Waals surface area contributed by atoms with E-state index in [2.05, 4.69) is 11.8 Å². The van der Waals surface area contributed by atoms with Gasteiger partial charge in [-0.3, -0.25) is 9.69 Å². The maximum atomic E-state index is 12.3. The molecule has 1 aliphatic rings. The Kier molecular flexibility index (Phi) is 5.15. The van der Waals surface area contributed by atoms with Gasteiger partial charge in [0.25, 0.3) is 0 Å². The lowest BCUT2D eigenvalue weighted by Crippen LogP contribution is -2.38. The first-order chi connectivity index (χ1) is 9.65. The van der Waals surface area contributed by atoms with Crippen LogP contribution in [0.5, 0.6) is 5.75 Å². The molecule has 4 nitrogen and oxygen atoms in total. The van der Waals surface area contributed by atoms with Gasteiger partial charge in [-0.2, -0.15) is 0 Å². The summed E-state index contributed by atoms with van der Waals surface area (Å²) < 4.78 is 5.37. The van der Waals surface area contributed by atoms with Crippen molar-refractivity contribution in [1.82, 2.24) is 4.90 Å². The van der Waals surface area contributed by atoms with Crippen molar-refractivity contribution in [2.45, 2.75) is 26.3 Å². The van der Waals surface area contributed by atoms with Crippen LogP contribution in [0, 0.1) is 5.92 Å². The molecule has 2 rings (SSSR count). The Morgan fingerprint density at radius 1 is 1.40 bits per heavy atom. The predicted molar refractivity (Wildman–Crippen MR) is 78.2 cm³/mol. The van der Waals surface area contributed by atoms with Crippen LogP contribution in [0.3, 0.4) is 0 Å². The second kappa shape index (κ2) is 6.86. The van der Waals surface area contributed by atoms with Crippen molar-refractivity contribution in [3.63, 3.8) is 0 Å². The number of aliphatic hydroxyl groups is 1. The molecule has 0 aliphatic carbocycles. The number of Topliss-reactive ketones (excluding diaryl/α,β-unsaturated/α-hetero) is 1. The van der Waals surface area contributed by atoms with E-state index in [1.165, 1.54) is 0 Å². The van der Waals surface area contributed by atoms with Crippen molar-refractivity contribution in [1.29, 1.82) is 0 Å². The minimum absolute atomic E-state index is 0.0978. The van der Waals surface area contributed by atoms with Crippen LogP contribution >= 0.6 is 0 Å². The number of likely N-dealkylation sites (tertiary alicyclic amines) is 1. The third-order valence-electron chi connectivity index (χ3n) is 4.02. The minimum atomic E-state index is 0.0978. The van der Waals surface area contributed by atoms with Gasteiger partial charge in [0, 0.05) is 11.6 Å². The van der Waals surface area contributed by atoms with Gasteiger partial charge >= 0.3 is 0 Å². The van der Waals surface area contributed by atoms with Gasteiger partial charge in [0.2, 0.25) is 0 Å². The fourth-order valence-corrected chi connectivity index (χ4v) is 2.76. The van der Waals surface area contributed by atoms with Crippen LogP contribution in [0.2, 0.25) is 0 Å². The molecule has 1 saturated heterocycles. The highest BCUT2D eigenvalue weighted by molar-refractivity contribution is 5.97. The first kappa shape index (κ1) is 15.0. The molecule has 0 amide bonds. The summed E-state index contributed by atoms with van der Waals surface area (Å²) in [6.45, 7) is 6.07. The molecule has 1 aromatic carbocycles. The second-order valence-electron chi connectivity index (χ2n) is 5.37. The highest BCUT2D eigenvalue weighted by Crippen LogP contribution is 2.23. The molecular formula is C16H23NO3. The van der Waals surface area contributed by atoms with E-state index in [4.69, 9.17) is 4.74 Å². The van der Waals surface area contributed by atoms with Crippen LogP contribution in [-0.2, 0) is 0 Å². The molecule has 0 aromatic heterocycles. The number of ether oxygens (including phenoxy) is 1. The van der Waals surface area contributed by atoms with E-state index in [1.54, 1.807) is 12.1 Å². The molecule has 1 fully saturated rings. The van der Waals surface area contributed by atoms with Crippen molar-refractivity contribution in [3.8, 4) is 5.75 Å². The lowest BCUT2D eigenvalue weighted by Gasteiger charge is -2.24. The highest BCUT2D eigenvalue weighted by atomic mass is 16.5. The van der Waals surface area contributed by atoms with Crippen molar-refractivity contribution in [2.24, 2.45) is 5.92 Å². The number of carbonyl (C=O) groups is 1. The molecule has 0 spiro atoms. The smallest absolute Gasteiger partial charge is 0.176 e. The number of nitrogens with zero attached hydrogens (tertiary/aromatic N) is 1. The Labute approximate surface area is 120 Å². The van der Waals surface area contributed by atoms with Crippen LogP contribution in [-0.4, -0.2) is 48.1 Å². The van der Waals surface area contributed by atoms with Gasteiger partial charge in [0.15, 0.2) is 5.78 Å². The maximum absolute atomic E-state index is 12.3. The number of ketones is 1. The molecule has 110 valence electrons. The van der Waals surface area contributed by atoms with Crippen molar-refractivity contribution < 1.29 is 14.6 Å².